The van der Waals surface area contributed by atoms with E-state index < -0.39 is 6.10 Å². The number of carbonyl (C=O) groups excluding carboxylic acids is 1. The largest absolute Gasteiger partial charge is 0.391 e. The number of halogens is 1. The molecule has 1 aliphatic rings. The smallest absolute Gasteiger partial charge is 0.272 e. The molecule has 8 heteroatoms. The SMILES string of the molecule is Cc1cc(C[C@@H]2CN(C(=O)c3c(C)nc4ccc(Cl)cn34)C[C@H]2O)n[nH]1. The number of H-pyrrole nitrogens is 1. The molecule has 0 aliphatic carbocycles. The van der Waals surface area contributed by atoms with E-state index in [2.05, 4.69) is 15.2 Å². The van der Waals surface area contributed by atoms with Crippen LogP contribution in [0.4, 0.5) is 0 Å². The number of carbonyl (C=O) groups is 1. The van der Waals surface area contributed by atoms with Crippen LogP contribution in [0.5, 0.6) is 0 Å². The Morgan fingerprint density at radius 3 is 2.92 bits per heavy atom. The van der Waals surface area contributed by atoms with Gasteiger partial charge in [0.15, 0.2) is 0 Å². The van der Waals surface area contributed by atoms with Gasteiger partial charge >= 0.3 is 0 Å². The van der Waals surface area contributed by atoms with Crippen LogP contribution in [0.3, 0.4) is 0 Å². The first-order chi connectivity index (χ1) is 12.4. The Balaban J connectivity index is 1.57. The fraction of sp³-hybridized carbons (Fsp3) is 0.389. The highest BCUT2D eigenvalue weighted by atomic mass is 35.5. The highest BCUT2D eigenvalue weighted by Crippen LogP contribution is 2.25. The van der Waals surface area contributed by atoms with Gasteiger partial charge in [0.2, 0.25) is 0 Å². The summed E-state index contributed by atoms with van der Waals surface area (Å²) in [6, 6.07) is 5.50. The maximum Gasteiger partial charge on any atom is 0.272 e. The van der Waals surface area contributed by atoms with Crippen LogP contribution < -0.4 is 0 Å². The van der Waals surface area contributed by atoms with E-state index in [9.17, 15) is 9.90 Å². The van der Waals surface area contributed by atoms with Gasteiger partial charge in [-0.3, -0.25) is 14.3 Å². The molecule has 1 fully saturated rings. The number of nitrogens with zero attached hydrogens (tertiary/aromatic N) is 4. The number of rotatable bonds is 3. The molecule has 136 valence electrons. The minimum Gasteiger partial charge on any atom is -0.391 e. The highest BCUT2D eigenvalue weighted by Gasteiger charge is 2.36. The van der Waals surface area contributed by atoms with E-state index in [1.165, 1.54) is 0 Å². The van der Waals surface area contributed by atoms with Crippen molar-refractivity contribution in [2.75, 3.05) is 13.1 Å². The normalized spacial score (nSPS) is 20.2. The van der Waals surface area contributed by atoms with Crippen molar-refractivity contribution in [1.29, 1.82) is 0 Å². The number of imidazole rings is 1. The predicted octanol–water partition coefficient (Wildman–Crippen LogP) is 2.00. The molecule has 4 heterocycles. The van der Waals surface area contributed by atoms with Crippen molar-refractivity contribution in [2.24, 2.45) is 5.92 Å². The molecule has 1 amide bonds. The average molecular weight is 374 g/mol. The van der Waals surface area contributed by atoms with Gasteiger partial charge in [0, 0.05) is 30.9 Å². The molecule has 26 heavy (non-hydrogen) atoms. The highest BCUT2D eigenvalue weighted by molar-refractivity contribution is 6.30. The molecule has 0 bridgehead atoms. The lowest BCUT2D eigenvalue weighted by atomic mass is 10.0. The van der Waals surface area contributed by atoms with Crippen LogP contribution in [0, 0.1) is 19.8 Å². The fourth-order valence-electron chi connectivity index (χ4n) is 3.61. The molecule has 4 rings (SSSR count). The summed E-state index contributed by atoms with van der Waals surface area (Å²) < 4.78 is 1.72. The molecule has 0 aromatic carbocycles. The topological polar surface area (TPSA) is 86.5 Å². The summed E-state index contributed by atoms with van der Waals surface area (Å²) in [6.07, 6.45) is 1.76. The van der Waals surface area contributed by atoms with Gasteiger partial charge in [0.1, 0.15) is 11.3 Å². The molecular formula is C18H20ClN5O2. The molecule has 7 nitrogen and oxygen atoms in total. The molecule has 2 N–H and O–H groups in total. The van der Waals surface area contributed by atoms with Crippen molar-refractivity contribution in [3.05, 3.63) is 52.2 Å². The number of fused-ring (bicyclic) bond motifs is 1. The van der Waals surface area contributed by atoms with Crippen LogP contribution in [0.1, 0.15) is 27.6 Å². The van der Waals surface area contributed by atoms with Gasteiger partial charge in [-0.1, -0.05) is 11.6 Å². The zero-order valence-electron chi connectivity index (χ0n) is 14.6. The standard InChI is InChI=1S/C18H20ClN5O2/c1-10-5-14(22-21-10)6-12-7-23(9-15(12)25)18(26)17-11(2)20-16-4-3-13(19)8-24(16)17/h3-5,8,12,15,25H,6-7,9H2,1-2H3,(H,21,22)/t12-,15-/m1/s1. The second-order valence-corrected chi connectivity index (χ2v) is 7.34. The maximum absolute atomic E-state index is 13.1. The van der Waals surface area contributed by atoms with E-state index >= 15 is 0 Å². The van der Waals surface area contributed by atoms with Crippen molar-refractivity contribution in [3.63, 3.8) is 0 Å². The fourth-order valence-corrected chi connectivity index (χ4v) is 3.77. The third kappa shape index (κ3) is 2.97. The Bertz CT molecular complexity index is 979. The lowest BCUT2D eigenvalue weighted by Crippen LogP contribution is -2.31. The van der Waals surface area contributed by atoms with Crippen LogP contribution in [-0.4, -0.2) is 54.7 Å². The predicted molar refractivity (Wildman–Crippen MR) is 97.4 cm³/mol. The number of hydrogen-bond acceptors (Lipinski definition) is 4. The average Bonchev–Trinajstić information content (AvgIpc) is 3.25. The Labute approximate surface area is 155 Å². The van der Waals surface area contributed by atoms with E-state index in [0.29, 0.717) is 41.6 Å². The third-order valence-corrected chi connectivity index (χ3v) is 5.11. The number of β-amino-alcohol motifs (C(OH)–C–C–N with tert-alkyl or cyclic N) is 1. The quantitative estimate of drug-likeness (QED) is 0.735. The van der Waals surface area contributed by atoms with Crippen molar-refractivity contribution in [2.45, 2.75) is 26.4 Å². The summed E-state index contributed by atoms with van der Waals surface area (Å²) in [7, 11) is 0. The van der Waals surface area contributed by atoms with Crippen LogP contribution in [0.15, 0.2) is 24.4 Å². The molecule has 1 saturated heterocycles. The number of aliphatic hydroxyl groups excluding tert-OH is 1. The molecule has 0 unspecified atom stereocenters. The van der Waals surface area contributed by atoms with Crippen LogP contribution in [0.25, 0.3) is 5.65 Å². The van der Waals surface area contributed by atoms with Gasteiger partial charge in [0.05, 0.1) is 22.5 Å². The number of aromatic nitrogens is 4. The lowest BCUT2D eigenvalue weighted by Gasteiger charge is -2.16. The van der Waals surface area contributed by atoms with Crippen molar-refractivity contribution in [3.8, 4) is 0 Å². The Kier molecular flexibility index (Phi) is 4.20. The molecular weight excluding hydrogens is 354 g/mol. The molecule has 3 aromatic rings. The second-order valence-electron chi connectivity index (χ2n) is 6.91. The number of aliphatic hydroxyl groups is 1. The summed E-state index contributed by atoms with van der Waals surface area (Å²) in [4.78, 5) is 19.2. The van der Waals surface area contributed by atoms with E-state index in [-0.39, 0.29) is 11.8 Å². The Hall–Kier alpha value is -2.38. The lowest BCUT2D eigenvalue weighted by molar-refractivity contribution is 0.0757. The van der Waals surface area contributed by atoms with Gasteiger partial charge in [-0.05, 0) is 38.5 Å². The van der Waals surface area contributed by atoms with Gasteiger partial charge in [-0.2, -0.15) is 5.10 Å². The molecule has 2 atom stereocenters. The zero-order chi connectivity index (χ0) is 18.4. The number of likely N-dealkylation sites (tertiary alicyclic amines) is 1. The van der Waals surface area contributed by atoms with Crippen molar-refractivity contribution >= 4 is 23.2 Å². The minimum absolute atomic E-state index is 0.0373. The number of aromatic amines is 1. The summed E-state index contributed by atoms with van der Waals surface area (Å²) in [5, 5.41) is 18.1. The Morgan fingerprint density at radius 2 is 2.19 bits per heavy atom. The van der Waals surface area contributed by atoms with Crippen LogP contribution >= 0.6 is 11.6 Å². The van der Waals surface area contributed by atoms with Gasteiger partial charge in [0.25, 0.3) is 5.91 Å². The van der Waals surface area contributed by atoms with Gasteiger partial charge in [-0.15, -0.1) is 0 Å². The minimum atomic E-state index is -0.570. The van der Waals surface area contributed by atoms with E-state index in [1.54, 1.807) is 27.6 Å². The first-order valence-corrected chi connectivity index (χ1v) is 8.92. The summed E-state index contributed by atoms with van der Waals surface area (Å²) in [5.74, 6) is -0.179. The Morgan fingerprint density at radius 1 is 1.38 bits per heavy atom. The third-order valence-electron chi connectivity index (χ3n) is 4.88. The number of amides is 1. The molecule has 0 spiro atoms. The monoisotopic (exact) mass is 373 g/mol. The molecule has 1 aliphatic heterocycles. The second kappa shape index (κ2) is 6.41. The number of nitrogens with one attached hydrogen (secondary N) is 1. The van der Waals surface area contributed by atoms with Gasteiger partial charge < -0.3 is 10.0 Å². The van der Waals surface area contributed by atoms with E-state index in [0.717, 1.165) is 11.4 Å². The first-order valence-electron chi connectivity index (χ1n) is 8.55. The molecule has 3 aromatic heterocycles. The zero-order valence-corrected chi connectivity index (χ0v) is 15.4. The molecule has 0 radical (unpaired) electrons. The molecule has 0 saturated carbocycles. The van der Waals surface area contributed by atoms with Gasteiger partial charge in [-0.25, -0.2) is 4.98 Å². The van der Waals surface area contributed by atoms with Crippen molar-refractivity contribution in [1.82, 2.24) is 24.5 Å². The summed E-state index contributed by atoms with van der Waals surface area (Å²) >= 11 is 6.08. The number of pyridine rings is 1. The maximum atomic E-state index is 13.1. The van der Waals surface area contributed by atoms with E-state index in [1.807, 2.05) is 19.9 Å². The summed E-state index contributed by atoms with van der Waals surface area (Å²) in [6.45, 7) is 4.54. The number of hydrogen-bond donors (Lipinski definition) is 2. The number of aryl methyl sites for hydroxylation is 2. The van der Waals surface area contributed by atoms with Crippen LogP contribution in [0.2, 0.25) is 5.02 Å². The first kappa shape index (κ1) is 17.1. The van der Waals surface area contributed by atoms with E-state index in [4.69, 9.17) is 11.6 Å². The van der Waals surface area contributed by atoms with Crippen LogP contribution in [-0.2, 0) is 6.42 Å². The summed E-state index contributed by atoms with van der Waals surface area (Å²) in [5.41, 5.74) is 3.71. The van der Waals surface area contributed by atoms with Crippen molar-refractivity contribution < 1.29 is 9.90 Å².